The van der Waals surface area contributed by atoms with E-state index in [1.54, 1.807) is 0 Å². The largest absolute Gasteiger partial charge is 0.378 e. The molecule has 2 nitrogen and oxygen atoms in total. The van der Waals surface area contributed by atoms with Gasteiger partial charge in [-0.1, -0.05) is 19.1 Å². The molecule has 2 unspecified atom stereocenters. The highest BCUT2D eigenvalue weighted by atomic mass is 16.1. The fourth-order valence-electron chi connectivity index (χ4n) is 2.20. The fourth-order valence-corrected chi connectivity index (χ4v) is 2.20. The molecule has 0 N–H and O–H groups in total. The Hall–Kier alpha value is -1.31. The highest BCUT2D eigenvalue weighted by Crippen LogP contribution is 2.48. The van der Waals surface area contributed by atoms with Crippen LogP contribution < -0.4 is 4.90 Å². The van der Waals surface area contributed by atoms with E-state index in [4.69, 9.17) is 0 Å². The normalized spacial score (nSPS) is 22.9. The van der Waals surface area contributed by atoms with Gasteiger partial charge < -0.3 is 4.90 Å². The second kappa shape index (κ2) is 4.28. The lowest BCUT2D eigenvalue weighted by molar-refractivity contribution is -0.120. The van der Waals surface area contributed by atoms with Crippen LogP contribution in [0.5, 0.6) is 0 Å². The van der Waals surface area contributed by atoms with Crippen LogP contribution >= 0.6 is 0 Å². The van der Waals surface area contributed by atoms with Gasteiger partial charge in [0, 0.05) is 32.1 Å². The number of hydrogen-bond donors (Lipinski definition) is 0. The van der Waals surface area contributed by atoms with Gasteiger partial charge in [-0.05, 0) is 30.0 Å². The Kier molecular flexibility index (Phi) is 2.99. The first-order chi connectivity index (χ1) is 7.63. The number of ketones is 1. The lowest BCUT2D eigenvalue weighted by Crippen LogP contribution is -2.08. The SMILES string of the molecule is CCC(=O)C1CC1c1ccc(N(C)C)cc1. The molecule has 2 heteroatoms. The maximum atomic E-state index is 11.5. The predicted molar refractivity (Wildman–Crippen MR) is 66.9 cm³/mol. The van der Waals surface area contributed by atoms with Crippen LogP contribution in [-0.2, 0) is 4.79 Å². The molecular formula is C14H19NO. The Labute approximate surface area is 97.3 Å². The van der Waals surface area contributed by atoms with Crippen LogP contribution in [0.25, 0.3) is 0 Å². The Morgan fingerprint density at radius 1 is 1.31 bits per heavy atom. The van der Waals surface area contributed by atoms with Gasteiger partial charge in [0.25, 0.3) is 0 Å². The van der Waals surface area contributed by atoms with Crippen LogP contribution in [0.4, 0.5) is 5.69 Å². The summed E-state index contributed by atoms with van der Waals surface area (Å²) in [5.74, 6) is 1.21. The van der Waals surface area contributed by atoms with Gasteiger partial charge in [0.1, 0.15) is 5.78 Å². The molecule has 86 valence electrons. The summed E-state index contributed by atoms with van der Waals surface area (Å²) in [6, 6.07) is 8.56. The lowest BCUT2D eigenvalue weighted by Gasteiger charge is -2.12. The lowest BCUT2D eigenvalue weighted by atomic mass is 10.1. The molecule has 0 aromatic heterocycles. The molecule has 2 atom stereocenters. The number of anilines is 1. The topological polar surface area (TPSA) is 20.3 Å². The van der Waals surface area contributed by atoms with Crippen LogP contribution in [0.3, 0.4) is 0 Å². The van der Waals surface area contributed by atoms with Gasteiger partial charge in [-0.25, -0.2) is 0 Å². The minimum atomic E-state index is 0.301. The molecule has 0 saturated heterocycles. The number of carbonyl (C=O) groups is 1. The number of hydrogen-bond acceptors (Lipinski definition) is 2. The average molecular weight is 217 g/mol. The molecule has 2 rings (SSSR count). The van der Waals surface area contributed by atoms with Crippen LogP contribution in [0.1, 0.15) is 31.2 Å². The van der Waals surface area contributed by atoms with E-state index in [-0.39, 0.29) is 0 Å². The maximum absolute atomic E-state index is 11.5. The van der Waals surface area contributed by atoms with E-state index in [0.29, 0.717) is 24.0 Å². The van der Waals surface area contributed by atoms with Crippen molar-refractivity contribution in [2.24, 2.45) is 5.92 Å². The average Bonchev–Trinajstić information content (AvgIpc) is 3.08. The third kappa shape index (κ3) is 2.11. The molecule has 0 amide bonds. The number of rotatable bonds is 4. The summed E-state index contributed by atoms with van der Waals surface area (Å²) in [5.41, 5.74) is 2.53. The zero-order chi connectivity index (χ0) is 11.7. The predicted octanol–water partition coefficient (Wildman–Crippen LogP) is 2.84. The van der Waals surface area contributed by atoms with E-state index in [9.17, 15) is 4.79 Å². The van der Waals surface area contributed by atoms with Gasteiger partial charge in [0.05, 0.1) is 0 Å². The number of Topliss-reactive ketones (excluding diaryl/α,β-unsaturated/α-hetero) is 1. The Morgan fingerprint density at radius 2 is 1.94 bits per heavy atom. The first-order valence-electron chi connectivity index (χ1n) is 5.93. The number of nitrogens with zero attached hydrogens (tertiary/aromatic N) is 1. The van der Waals surface area contributed by atoms with Crippen molar-refractivity contribution in [1.82, 2.24) is 0 Å². The van der Waals surface area contributed by atoms with Gasteiger partial charge in [0.15, 0.2) is 0 Å². The Morgan fingerprint density at radius 3 is 2.44 bits per heavy atom. The van der Waals surface area contributed by atoms with Crippen molar-refractivity contribution >= 4 is 11.5 Å². The van der Waals surface area contributed by atoms with Gasteiger partial charge in [-0.3, -0.25) is 4.79 Å². The molecule has 0 heterocycles. The summed E-state index contributed by atoms with van der Waals surface area (Å²) in [7, 11) is 4.07. The smallest absolute Gasteiger partial charge is 0.136 e. The molecule has 1 aliphatic carbocycles. The zero-order valence-electron chi connectivity index (χ0n) is 10.2. The van der Waals surface area contributed by atoms with E-state index in [2.05, 4.69) is 29.2 Å². The quantitative estimate of drug-likeness (QED) is 0.773. The van der Waals surface area contributed by atoms with Crippen molar-refractivity contribution in [2.75, 3.05) is 19.0 Å². The van der Waals surface area contributed by atoms with Gasteiger partial charge in [-0.2, -0.15) is 0 Å². The van der Waals surface area contributed by atoms with E-state index in [1.165, 1.54) is 11.3 Å². The van der Waals surface area contributed by atoms with Crippen molar-refractivity contribution in [3.8, 4) is 0 Å². The highest BCUT2D eigenvalue weighted by molar-refractivity contribution is 5.84. The molecule has 16 heavy (non-hydrogen) atoms. The standard InChI is InChI=1S/C14H19NO/c1-4-14(16)13-9-12(13)10-5-7-11(8-6-10)15(2)3/h5-8,12-13H,4,9H2,1-3H3. The third-order valence-corrected chi connectivity index (χ3v) is 3.39. The van der Waals surface area contributed by atoms with Crippen molar-refractivity contribution < 1.29 is 4.79 Å². The number of carbonyl (C=O) groups excluding carboxylic acids is 1. The van der Waals surface area contributed by atoms with E-state index >= 15 is 0 Å². The molecular weight excluding hydrogens is 198 g/mol. The summed E-state index contributed by atoms with van der Waals surface area (Å²) < 4.78 is 0. The monoisotopic (exact) mass is 217 g/mol. The number of benzene rings is 1. The van der Waals surface area contributed by atoms with Crippen molar-refractivity contribution in [3.05, 3.63) is 29.8 Å². The molecule has 0 aliphatic heterocycles. The Balaban J connectivity index is 2.05. The minimum absolute atomic E-state index is 0.301. The van der Waals surface area contributed by atoms with Gasteiger partial charge >= 0.3 is 0 Å². The molecule has 1 aromatic rings. The summed E-state index contributed by atoms with van der Waals surface area (Å²) in [4.78, 5) is 13.6. The summed E-state index contributed by atoms with van der Waals surface area (Å²) in [6.45, 7) is 1.95. The van der Waals surface area contributed by atoms with Crippen LogP contribution in [0.2, 0.25) is 0 Å². The highest BCUT2D eigenvalue weighted by Gasteiger charge is 2.42. The molecule has 1 aromatic carbocycles. The van der Waals surface area contributed by atoms with Gasteiger partial charge in [-0.15, -0.1) is 0 Å². The van der Waals surface area contributed by atoms with Gasteiger partial charge in [0.2, 0.25) is 0 Å². The van der Waals surface area contributed by atoms with Crippen LogP contribution in [0, 0.1) is 5.92 Å². The molecule has 0 spiro atoms. The van der Waals surface area contributed by atoms with E-state index in [0.717, 1.165) is 6.42 Å². The molecule has 1 aliphatic rings. The molecule has 0 bridgehead atoms. The first-order valence-corrected chi connectivity index (χ1v) is 5.93. The third-order valence-electron chi connectivity index (χ3n) is 3.39. The minimum Gasteiger partial charge on any atom is -0.378 e. The summed E-state index contributed by atoms with van der Waals surface area (Å²) in [6.07, 6.45) is 1.73. The second-order valence-corrected chi connectivity index (χ2v) is 4.75. The van der Waals surface area contributed by atoms with Crippen LogP contribution in [-0.4, -0.2) is 19.9 Å². The fraction of sp³-hybridized carbons (Fsp3) is 0.500. The molecule has 1 fully saturated rings. The molecule has 0 radical (unpaired) electrons. The Bertz CT molecular complexity index is 380. The first kappa shape index (κ1) is 11.2. The van der Waals surface area contributed by atoms with E-state index in [1.807, 2.05) is 21.0 Å². The molecule has 1 saturated carbocycles. The van der Waals surface area contributed by atoms with Crippen molar-refractivity contribution in [2.45, 2.75) is 25.7 Å². The summed E-state index contributed by atoms with van der Waals surface area (Å²) >= 11 is 0. The maximum Gasteiger partial charge on any atom is 0.136 e. The van der Waals surface area contributed by atoms with Crippen molar-refractivity contribution in [1.29, 1.82) is 0 Å². The zero-order valence-corrected chi connectivity index (χ0v) is 10.2. The van der Waals surface area contributed by atoms with Crippen molar-refractivity contribution in [3.63, 3.8) is 0 Å². The van der Waals surface area contributed by atoms with Crippen LogP contribution in [0.15, 0.2) is 24.3 Å². The summed E-state index contributed by atoms with van der Waals surface area (Å²) in [5, 5.41) is 0. The second-order valence-electron chi connectivity index (χ2n) is 4.75. The van der Waals surface area contributed by atoms with E-state index < -0.39 is 0 Å².